The van der Waals surface area contributed by atoms with E-state index in [1.54, 1.807) is 17.5 Å². The van der Waals surface area contributed by atoms with Gasteiger partial charge in [0.1, 0.15) is 10.8 Å². The first kappa shape index (κ1) is 15.4. The van der Waals surface area contributed by atoms with Crippen molar-refractivity contribution < 1.29 is 0 Å². The van der Waals surface area contributed by atoms with Crippen LogP contribution in [0.3, 0.4) is 0 Å². The van der Waals surface area contributed by atoms with Crippen molar-refractivity contribution in [1.82, 2.24) is 24.9 Å². The van der Waals surface area contributed by atoms with Crippen molar-refractivity contribution in [3.8, 4) is 22.0 Å². The van der Waals surface area contributed by atoms with E-state index < -0.39 is 0 Å². The molecule has 0 saturated carbocycles. The minimum absolute atomic E-state index is 0.809. The monoisotopic (exact) mass is 379 g/mol. The smallest absolute Gasteiger partial charge is 0.140 e. The normalized spacial score (nSPS) is 11.6. The third-order valence-electron chi connectivity index (χ3n) is 4.80. The third kappa shape index (κ3) is 2.39. The molecular weight excluding hydrogens is 366 g/mol. The number of H-pyrrole nitrogens is 1. The fourth-order valence-electron chi connectivity index (χ4n) is 3.44. The number of thiazole rings is 1. The van der Waals surface area contributed by atoms with Gasteiger partial charge in [0, 0.05) is 35.1 Å². The van der Waals surface area contributed by atoms with Crippen LogP contribution in [0.25, 0.3) is 54.1 Å². The fraction of sp³-hybridized carbons (Fsp3) is 0. The second-order valence-electron chi connectivity index (χ2n) is 6.57. The van der Waals surface area contributed by atoms with E-state index in [-0.39, 0.29) is 0 Å². The number of benzene rings is 2. The van der Waals surface area contributed by atoms with Crippen molar-refractivity contribution >= 4 is 43.5 Å². The van der Waals surface area contributed by atoms with Crippen LogP contribution in [0.1, 0.15) is 0 Å². The number of imidazole rings is 1. The van der Waals surface area contributed by atoms with Crippen LogP contribution in [0.5, 0.6) is 0 Å². The topological polar surface area (TPSA) is 67.3 Å². The number of aromatic amines is 1. The highest BCUT2D eigenvalue weighted by atomic mass is 32.1. The van der Waals surface area contributed by atoms with Gasteiger partial charge in [-0.3, -0.25) is 9.97 Å². The van der Waals surface area contributed by atoms with Crippen LogP contribution in [0.4, 0.5) is 0 Å². The Balaban J connectivity index is 1.53. The largest absolute Gasteiger partial charge is 0.338 e. The molecule has 6 heteroatoms. The molecule has 0 radical (unpaired) electrons. The summed E-state index contributed by atoms with van der Waals surface area (Å²) in [4.78, 5) is 21.8. The van der Waals surface area contributed by atoms with Crippen LogP contribution in [0, 0.1) is 0 Å². The Morgan fingerprint density at radius 3 is 2.79 bits per heavy atom. The average molecular weight is 379 g/mol. The standard InChI is InChI=1S/C22H13N5S/c1-2-6-16-13(4-1)10-14(11-24-16)21-25-18-7-3-5-15(20(18)27-21)22-26-17-8-9-23-12-19(17)28-22/h1-12H,(H,25,27). The number of hydrogen-bond donors (Lipinski definition) is 1. The second kappa shape index (κ2) is 5.94. The van der Waals surface area contributed by atoms with E-state index in [1.807, 2.05) is 48.8 Å². The van der Waals surface area contributed by atoms with Gasteiger partial charge < -0.3 is 4.98 Å². The highest BCUT2D eigenvalue weighted by molar-refractivity contribution is 7.21. The summed E-state index contributed by atoms with van der Waals surface area (Å²) < 4.78 is 1.07. The van der Waals surface area contributed by atoms with Crippen LogP contribution in [0.15, 0.2) is 73.2 Å². The van der Waals surface area contributed by atoms with Gasteiger partial charge in [-0.15, -0.1) is 11.3 Å². The summed E-state index contributed by atoms with van der Waals surface area (Å²) in [5, 5.41) is 2.04. The Kier molecular flexibility index (Phi) is 3.27. The van der Waals surface area contributed by atoms with Crippen molar-refractivity contribution in [2.45, 2.75) is 0 Å². The number of aromatic nitrogens is 5. The maximum atomic E-state index is 4.89. The van der Waals surface area contributed by atoms with Gasteiger partial charge in [-0.25, -0.2) is 9.97 Å². The quantitative estimate of drug-likeness (QED) is 0.434. The number of pyridine rings is 2. The Morgan fingerprint density at radius 1 is 0.857 bits per heavy atom. The summed E-state index contributed by atoms with van der Waals surface area (Å²) >= 11 is 1.63. The van der Waals surface area contributed by atoms with E-state index in [0.29, 0.717) is 0 Å². The van der Waals surface area contributed by atoms with Crippen LogP contribution < -0.4 is 0 Å². The lowest BCUT2D eigenvalue weighted by molar-refractivity contribution is 1.31. The summed E-state index contributed by atoms with van der Waals surface area (Å²) in [6.07, 6.45) is 5.49. The van der Waals surface area contributed by atoms with Crippen molar-refractivity contribution in [1.29, 1.82) is 0 Å². The van der Waals surface area contributed by atoms with Gasteiger partial charge in [0.25, 0.3) is 0 Å². The molecule has 0 bridgehead atoms. The van der Waals surface area contributed by atoms with Gasteiger partial charge in [0.2, 0.25) is 0 Å². The molecule has 4 aromatic heterocycles. The first-order chi connectivity index (χ1) is 13.8. The Morgan fingerprint density at radius 2 is 1.82 bits per heavy atom. The summed E-state index contributed by atoms with van der Waals surface area (Å²) in [5.74, 6) is 0.809. The van der Waals surface area contributed by atoms with E-state index in [2.05, 4.69) is 33.2 Å². The lowest BCUT2D eigenvalue weighted by atomic mass is 10.1. The zero-order valence-electron chi connectivity index (χ0n) is 14.6. The first-order valence-corrected chi connectivity index (χ1v) is 9.72. The summed E-state index contributed by atoms with van der Waals surface area (Å²) in [5.41, 5.74) is 5.83. The number of rotatable bonds is 2. The number of nitrogens with zero attached hydrogens (tertiary/aromatic N) is 4. The molecule has 0 unspecified atom stereocenters. The molecule has 2 aromatic carbocycles. The molecule has 6 rings (SSSR count). The van der Waals surface area contributed by atoms with Crippen LogP contribution in [0.2, 0.25) is 0 Å². The molecule has 0 aliphatic rings. The van der Waals surface area contributed by atoms with Crippen LogP contribution in [-0.4, -0.2) is 24.9 Å². The predicted octanol–water partition coefficient (Wildman–Crippen LogP) is 5.45. The first-order valence-electron chi connectivity index (χ1n) is 8.90. The van der Waals surface area contributed by atoms with Gasteiger partial charge in [-0.05, 0) is 30.3 Å². The maximum absolute atomic E-state index is 4.89. The van der Waals surface area contributed by atoms with Gasteiger partial charge in [0.15, 0.2) is 0 Å². The van der Waals surface area contributed by atoms with Crippen molar-refractivity contribution in [3.05, 3.63) is 73.2 Å². The molecule has 0 fully saturated rings. The Hall–Kier alpha value is -3.64. The number of fused-ring (bicyclic) bond motifs is 3. The molecule has 0 aliphatic heterocycles. The van der Waals surface area contributed by atoms with Crippen LogP contribution in [-0.2, 0) is 0 Å². The van der Waals surface area contributed by atoms with Gasteiger partial charge >= 0.3 is 0 Å². The third-order valence-corrected chi connectivity index (χ3v) is 5.84. The Labute approximate surface area is 163 Å². The van der Waals surface area contributed by atoms with E-state index in [1.165, 1.54) is 0 Å². The van der Waals surface area contributed by atoms with Gasteiger partial charge in [-0.1, -0.05) is 24.3 Å². The zero-order valence-corrected chi connectivity index (χ0v) is 15.4. The summed E-state index contributed by atoms with van der Waals surface area (Å²) in [6, 6.07) is 18.3. The maximum Gasteiger partial charge on any atom is 0.140 e. The minimum Gasteiger partial charge on any atom is -0.338 e. The zero-order chi connectivity index (χ0) is 18.5. The Bertz CT molecular complexity index is 1450. The molecule has 1 N–H and O–H groups in total. The fourth-order valence-corrected chi connectivity index (χ4v) is 4.40. The van der Waals surface area contributed by atoms with Crippen LogP contribution >= 0.6 is 11.3 Å². The lowest BCUT2D eigenvalue weighted by Crippen LogP contribution is -1.84. The number of para-hydroxylation sites is 2. The van der Waals surface area contributed by atoms with Crippen molar-refractivity contribution in [2.75, 3.05) is 0 Å². The SMILES string of the molecule is c1ccc2ncc(-c3nc4c(-c5nc6ccncc6s5)cccc4[nH]3)cc2c1. The average Bonchev–Trinajstić information content (AvgIpc) is 3.37. The molecule has 28 heavy (non-hydrogen) atoms. The highest BCUT2D eigenvalue weighted by Crippen LogP contribution is 2.34. The molecule has 132 valence electrons. The summed E-state index contributed by atoms with van der Waals surface area (Å²) in [7, 11) is 0. The molecule has 0 saturated heterocycles. The van der Waals surface area contributed by atoms with Crippen molar-refractivity contribution in [3.63, 3.8) is 0 Å². The molecule has 4 heterocycles. The molecular formula is C22H13N5S. The molecule has 0 amide bonds. The highest BCUT2D eigenvalue weighted by Gasteiger charge is 2.14. The number of nitrogens with one attached hydrogen (secondary N) is 1. The van der Waals surface area contributed by atoms with E-state index in [9.17, 15) is 0 Å². The predicted molar refractivity (Wildman–Crippen MR) is 113 cm³/mol. The molecule has 0 atom stereocenters. The molecule has 0 aliphatic carbocycles. The van der Waals surface area contributed by atoms with Gasteiger partial charge in [-0.2, -0.15) is 0 Å². The summed E-state index contributed by atoms with van der Waals surface area (Å²) in [6.45, 7) is 0. The number of hydrogen-bond acceptors (Lipinski definition) is 5. The molecule has 0 spiro atoms. The van der Waals surface area contributed by atoms with Crippen molar-refractivity contribution in [2.24, 2.45) is 0 Å². The second-order valence-corrected chi connectivity index (χ2v) is 7.60. The van der Waals surface area contributed by atoms with E-state index in [4.69, 9.17) is 9.97 Å². The molecule has 6 aromatic rings. The van der Waals surface area contributed by atoms with E-state index in [0.717, 1.165) is 54.1 Å². The molecule has 5 nitrogen and oxygen atoms in total. The van der Waals surface area contributed by atoms with E-state index >= 15 is 0 Å². The van der Waals surface area contributed by atoms with Gasteiger partial charge in [0.05, 0.1) is 26.8 Å². The minimum atomic E-state index is 0.809. The lowest BCUT2D eigenvalue weighted by Gasteiger charge is -1.99.